The molecule has 0 radical (unpaired) electrons. The fourth-order valence-electron chi connectivity index (χ4n) is 6.86. The fraction of sp³-hybridized carbons (Fsp3) is 0.0444. The van der Waals surface area contributed by atoms with Crippen LogP contribution in [0.5, 0.6) is 0 Å². The zero-order valence-electron chi connectivity index (χ0n) is 26.0. The zero-order valence-corrected chi connectivity index (χ0v) is 26.8. The second-order valence-corrected chi connectivity index (χ2v) is 14.0. The highest BCUT2D eigenvalue weighted by Crippen LogP contribution is 2.46. The van der Waals surface area contributed by atoms with E-state index < -0.39 is 0 Å². The third kappa shape index (κ3) is 4.85. The van der Waals surface area contributed by atoms with E-state index in [-0.39, 0.29) is 10.5 Å². The van der Waals surface area contributed by atoms with Gasteiger partial charge in [0.05, 0.1) is 0 Å². The summed E-state index contributed by atoms with van der Waals surface area (Å²) in [6.07, 6.45) is 1.95. The van der Waals surface area contributed by atoms with Gasteiger partial charge in [0, 0.05) is 4.90 Å². The fourth-order valence-corrected chi connectivity index (χ4v) is 7.74. The predicted octanol–water partition coefficient (Wildman–Crippen LogP) is 13.0. The second-order valence-electron chi connectivity index (χ2n) is 11.9. The number of rotatable bonds is 6. The lowest BCUT2D eigenvalue weighted by Gasteiger charge is -2.20. The molecule has 46 heavy (non-hydrogen) atoms. The Balaban J connectivity index is 1.40. The van der Waals surface area contributed by atoms with Gasteiger partial charge in [-0.25, -0.2) is 0 Å². The molecule has 0 N–H and O–H groups in total. The van der Waals surface area contributed by atoms with Crippen LogP contribution < -0.4 is 0 Å². The van der Waals surface area contributed by atoms with Crippen LogP contribution in [0.3, 0.4) is 0 Å². The van der Waals surface area contributed by atoms with Gasteiger partial charge >= 0.3 is 0 Å². The first-order valence-corrected chi connectivity index (χ1v) is 17.4. The maximum atomic E-state index is 4.52. The molecule has 1 unspecified atom stereocenters. The van der Waals surface area contributed by atoms with E-state index in [9.17, 15) is 0 Å². The first-order chi connectivity index (χ1) is 22.6. The van der Waals surface area contributed by atoms with Crippen LogP contribution in [-0.2, 0) is 0 Å². The van der Waals surface area contributed by atoms with Crippen molar-refractivity contribution in [3.63, 3.8) is 0 Å². The lowest BCUT2D eigenvalue weighted by molar-refractivity contribution is 1.45. The Hall–Kier alpha value is -5.24. The van der Waals surface area contributed by atoms with Crippen molar-refractivity contribution in [1.29, 1.82) is 0 Å². The quantitative estimate of drug-likeness (QED) is 0.130. The minimum Gasteiger partial charge on any atom is -0.162 e. The summed E-state index contributed by atoms with van der Waals surface area (Å²) in [5, 5.41) is 10.0. The summed E-state index contributed by atoms with van der Waals surface area (Å²) in [7, 11) is -0.0711. The SMILES string of the molecule is C=Cc1ccc2c(-c3ccc4ccccc4c3)c3cc(S(=C)CC)ccc3c(-c3ccc(-c4ccc5ccccc5c4)cc3)c2c1. The average molecular weight is 607 g/mol. The number of hydrogen-bond acceptors (Lipinski definition) is 0. The summed E-state index contributed by atoms with van der Waals surface area (Å²) < 4.78 is 0. The molecule has 8 aromatic rings. The lowest BCUT2D eigenvalue weighted by Crippen LogP contribution is -1.93. The monoisotopic (exact) mass is 606 g/mol. The summed E-state index contributed by atoms with van der Waals surface area (Å²) in [4.78, 5) is 1.30. The molecule has 0 fully saturated rings. The van der Waals surface area contributed by atoms with E-state index in [1.54, 1.807) is 0 Å². The standard InChI is InChI=1S/C45H34S/c1-4-30-14-24-40-42(26-30)44(34-19-15-33(16-20-34)37-21-17-31-10-6-8-12-35(31)27-37)41-25-23-39(46(3)5-2)29-43(41)45(40)38-22-18-32-11-7-9-13-36(32)28-38/h4,6-29H,1,3,5H2,2H3. The normalized spacial score (nSPS) is 12.2. The van der Waals surface area contributed by atoms with Crippen molar-refractivity contribution >= 4 is 65.5 Å². The third-order valence-electron chi connectivity index (χ3n) is 9.32. The highest BCUT2D eigenvalue weighted by Gasteiger charge is 2.18. The van der Waals surface area contributed by atoms with Gasteiger partial charge in [0.25, 0.3) is 0 Å². The molecule has 0 aliphatic heterocycles. The summed E-state index contributed by atoms with van der Waals surface area (Å²) in [6, 6.07) is 53.7. The summed E-state index contributed by atoms with van der Waals surface area (Å²) >= 11 is 0. The molecule has 0 bridgehead atoms. The van der Waals surface area contributed by atoms with Gasteiger partial charge in [-0.1, -0.05) is 141 Å². The van der Waals surface area contributed by atoms with Crippen LogP contribution in [-0.4, -0.2) is 11.6 Å². The highest BCUT2D eigenvalue weighted by atomic mass is 32.2. The van der Waals surface area contributed by atoms with Gasteiger partial charge in [0.15, 0.2) is 0 Å². The minimum atomic E-state index is -0.0711. The molecular weight excluding hydrogens is 573 g/mol. The highest BCUT2D eigenvalue weighted by molar-refractivity contribution is 8.14. The molecule has 0 aromatic heterocycles. The second kappa shape index (κ2) is 11.6. The van der Waals surface area contributed by atoms with Crippen molar-refractivity contribution in [2.75, 3.05) is 5.75 Å². The molecule has 0 aliphatic rings. The first kappa shape index (κ1) is 28.2. The molecule has 8 rings (SSSR count). The molecule has 0 saturated heterocycles. The molecular formula is C45H34S. The van der Waals surface area contributed by atoms with Crippen LogP contribution in [0, 0.1) is 0 Å². The van der Waals surface area contributed by atoms with Crippen LogP contribution in [0.15, 0.2) is 157 Å². The average Bonchev–Trinajstić information content (AvgIpc) is 3.12. The number of hydrogen-bond donors (Lipinski definition) is 0. The molecule has 0 spiro atoms. The van der Waals surface area contributed by atoms with Crippen LogP contribution in [0.2, 0.25) is 0 Å². The maximum Gasteiger partial charge on any atom is 0.00176 e. The topological polar surface area (TPSA) is 0 Å². The van der Waals surface area contributed by atoms with Crippen molar-refractivity contribution in [2.24, 2.45) is 0 Å². The van der Waals surface area contributed by atoms with Crippen molar-refractivity contribution < 1.29 is 0 Å². The molecule has 0 heterocycles. The molecule has 0 aliphatic carbocycles. The molecule has 8 aromatic carbocycles. The maximum absolute atomic E-state index is 4.52. The van der Waals surface area contributed by atoms with Gasteiger partial charge in [0.1, 0.15) is 0 Å². The number of fused-ring (bicyclic) bond motifs is 4. The van der Waals surface area contributed by atoms with Crippen LogP contribution in [0.25, 0.3) is 82.5 Å². The molecule has 1 atom stereocenters. The van der Waals surface area contributed by atoms with Crippen molar-refractivity contribution in [3.05, 3.63) is 158 Å². The minimum absolute atomic E-state index is 0.0711. The van der Waals surface area contributed by atoms with Crippen LogP contribution in [0.4, 0.5) is 0 Å². The van der Waals surface area contributed by atoms with Gasteiger partial charge in [0.2, 0.25) is 0 Å². The van der Waals surface area contributed by atoms with E-state index in [1.165, 1.54) is 81.4 Å². The van der Waals surface area contributed by atoms with Gasteiger partial charge in [-0.15, -0.1) is 0 Å². The summed E-state index contributed by atoms with van der Waals surface area (Å²) in [5.74, 6) is 5.54. The third-order valence-corrected chi connectivity index (χ3v) is 10.9. The van der Waals surface area contributed by atoms with Gasteiger partial charge < -0.3 is 0 Å². The Labute approximate surface area is 273 Å². The van der Waals surface area contributed by atoms with Gasteiger partial charge in [-0.2, -0.15) is 10.5 Å². The molecule has 0 saturated carbocycles. The Morgan fingerprint density at radius 3 is 1.65 bits per heavy atom. The smallest absolute Gasteiger partial charge is 0.00176 e. The van der Waals surface area contributed by atoms with Gasteiger partial charge in [-0.3, -0.25) is 0 Å². The van der Waals surface area contributed by atoms with Crippen molar-refractivity contribution in [3.8, 4) is 33.4 Å². The zero-order chi connectivity index (χ0) is 31.2. The predicted molar refractivity (Wildman–Crippen MR) is 206 cm³/mol. The van der Waals surface area contributed by atoms with Crippen LogP contribution in [0.1, 0.15) is 12.5 Å². The van der Waals surface area contributed by atoms with Crippen molar-refractivity contribution in [2.45, 2.75) is 11.8 Å². The summed E-state index contributed by atoms with van der Waals surface area (Å²) in [5.41, 5.74) is 8.54. The van der Waals surface area contributed by atoms with E-state index in [4.69, 9.17) is 0 Å². The van der Waals surface area contributed by atoms with E-state index in [2.05, 4.69) is 165 Å². The molecule has 0 amide bonds. The molecule has 0 nitrogen and oxygen atoms in total. The Morgan fingerprint density at radius 2 is 1.00 bits per heavy atom. The molecule has 220 valence electrons. The van der Waals surface area contributed by atoms with Crippen molar-refractivity contribution in [1.82, 2.24) is 0 Å². The first-order valence-electron chi connectivity index (χ1n) is 15.9. The Morgan fingerprint density at radius 1 is 0.478 bits per heavy atom. The van der Waals surface area contributed by atoms with Crippen LogP contribution >= 0.6 is 10.5 Å². The number of benzene rings is 8. The molecule has 1 heteroatoms. The van der Waals surface area contributed by atoms with E-state index in [0.29, 0.717) is 0 Å². The van der Waals surface area contributed by atoms with E-state index >= 15 is 0 Å². The lowest BCUT2D eigenvalue weighted by atomic mass is 9.84. The largest absolute Gasteiger partial charge is 0.162 e. The van der Waals surface area contributed by atoms with Gasteiger partial charge in [-0.05, 0) is 118 Å². The van der Waals surface area contributed by atoms with E-state index in [1.807, 2.05) is 6.08 Å². The van der Waals surface area contributed by atoms with E-state index in [0.717, 1.165) is 11.3 Å². The summed E-state index contributed by atoms with van der Waals surface area (Å²) in [6.45, 7) is 6.34. The Kier molecular flexibility index (Phi) is 7.12. The Bertz CT molecular complexity index is 2480.